The number of fused-ring (bicyclic) bond motifs is 1. The Hall–Kier alpha value is -2.50. The van der Waals surface area contributed by atoms with E-state index in [2.05, 4.69) is 27.9 Å². The monoisotopic (exact) mass is 451 g/mol. The first-order valence-electron chi connectivity index (χ1n) is 12.6. The molecule has 0 radical (unpaired) electrons. The fourth-order valence-electron chi connectivity index (χ4n) is 6.29. The van der Waals surface area contributed by atoms with Crippen LogP contribution in [-0.4, -0.2) is 34.7 Å². The van der Waals surface area contributed by atoms with E-state index in [1.54, 1.807) is 0 Å². The Morgan fingerprint density at radius 2 is 1.67 bits per heavy atom. The lowest BCUT2D eigenvalue weighted by molar-refractivity contribution is -0.0307. The van der Waals surface area contributed by atoms with Crippen LogP contribution in [0.1, 0.15) is 100 Å². The lowest BCUT2D eigenvalue weighted by Gasteiger charge is -2.57. The number of benzene rings is 1. The van der Waals surface area contributed by atoms with Gasteiger partial charge in [0.2, 0.25) is 0 Å². The van der Waals surface area contributed by atoms with Crippen LogP contribution in [0.15, 0.2) is 24.4 Å². The number of nitrogens with one attached hydrogen (secondary N) is 3. The normalized spacial score (nSPS) is 27.6. The summed E-state index contributed by atoms with van der Waals surface area (Å²) < 4.78 is 5.34. The van der Waals surface area contributed by atoms with Crippen molar-refractivity contribution in [2.45, 2.75) is 102 Å². The molecule has 1 aromatic heterocycles. The number of amides is 2. The van der Waals surface area contributed by atoms with Gasteiger partial charge in [0.1, 0.15) is 5.60 Å². The van der Waals surface area contributed by atoms with Gasteiger partial charge >= 0.3 is 6.09 Å². The predicted molar refractivity (Wildman–Crippen MR) is 129 cm³/mol. The van der Waals surface area contributed by atoms with Crippen LogP contribution in [0.3, 0.4) is 0 Å². The molecule has 6 nitrogen and oxygen atoms in total. The van der Waals surface area contributed by atoms with Crippen LogP contribution in [0.5, 0.6) is 0 Å². The van der Waals surface area contributed by atoms with Crippen molar-refractivity contribution in [3.63, 3.8) is 0 Å². The molecule has 5 rings (SSSR count). The van der Waals surface area contributed by atoms with E-state index in [1.165, 1.54) is 43.1 Å². The molecule has 2 amide bonds. The largest absolute Gasteiger partial charge is 0.444 e. The molecule has 1 aromatic carbocycles. The van der Waals surface area contributed by atoms with Crippen LogP contribution >= 0.6 is 0 Å². The van der Waals surface area contributed by atoms with Crippen molar-refractivity contribution in [3.8, 4) is 0 Å². The Morgan fingerprint density at radius 3 is 2.33 bits per heavy atom. The van der Waals surface area contributed by atoms with Crippen LogP contribution in [0.25, 0.3) is 10.9 Å². The molecule has 178 valence electrons. The molecule has 3 N–H and O–H groups in total. The molecular formula is C27H37N3O3. The zero-order valence-electron chi connectivity index (χ0n) is 20.1. The van der Waals surface area contributed by atoms with Crippen molar-refractivity contribution in [2.24, 2.45) is 5.41 Å². The molecule has 3 fully saturated rings. The lowest BCUT2D eigenvalue weighted by atomic mass is 9.52. The minimum atomic E-state index is -0.474. The van der Waals surface area contributed by atoms with E-state index < -0.39 is 5.60 Å². The zero-order valence-corrected chi connectivity index (χ0v) is 20.1. The quantitative estimate of drug-likeness (QED) is 0.551. The van der Waals surface area contributed by atoms with Gasteiger partial charge < -0.3 is 20.4 Å². The number of carbonyl (C=O) groups is 2. The molecule has 6 heteroatoms. The first-order chi connectivity index (χ1) is 15.7. The number of carbonyl (C=O) groups excluding carboxylic acids is 2. The maximum absolute atomic E-state index is 12.9. The fourth-order valence-corrected chi connectivity index (χ4v) is 6.29. The summed E-state index contributed by atoms with van der Waals surface area (Å²) in [6.45, 7) is 5.62. The molecule has 1 spiro atoms. The van der Waals surface area contributed by atoms with E-state index >= 15 is 0 Å². The van der Waals surface area contributed by atoms with Gasteiger partial charge in [-0.15, -0.1) is 0 Å². The number of hydrogen-bond acceptors (Lipinski definition) is 3. The second-order valence-corrected chi connectivity index (χ2v) is 11.7. The molecule has 0 aliphatic heterocycles. The summed E-state index contributed by atoms with van der Waals surface area (Å²) in [5.74, 6) is 0.655. The van der Waals surface area contributed by atoms with E-state index in [0.717, 1.165) is 36.8 Å². The summed E-state index contributed by atoms with van der Waals surface area (Å²) in [4.78, 5) is 28.2. The zero-order chi connectivity index (χ0) is 23.2. The summed E-state index contributed by atoms with van der Waals surface area (Å²) in [5.41, 5.74) is 2.99. The highest BCUT2D eigenvalue weighted by Crippen LogP contribution is 2.56. The van der Waals surface area contributed by atoms with Gasteiger partial charge in [-0.1, -0.05) is 25.3 Å². The summed E-state index contributed by atoms with van der Waals surface area (Å²) in [6.07, 6.45) is 12.3. The van der Waals surface area contributed by atoms with Gasteiger partial charge in [0.25, 0.3) is 5.91 Å². The number of H-pyrrole nitrogens is 1. The second kappa shape index (κ2) is 8.37. The highest BCUT2D eigenvalue weighted by molar-refractivity contribution is 5.98. The first kappa shape index (κ1) is 22.3. The number of alkyl carbamates (subject to hydrolysis) is 1. The Labute approximate surface area is 196 Å². The van der Waals surface area contributed by atoms with Crippen molar-refractivity contribution in [3.05, 3.63) is 35.5 Å². The molecule has 0 atom stereocenters. The van der Waals surface area contributed by atoms with Gasteiger partial charge in [-0.3, -0.25) is 4.79 Å². The summed E-state index contributed by atoms with van der Waals surface area (Å²) >= 11 is 0. The Morgan fingerprint density at radius 1 is 1.00 bits per heavy atom. The average Bonchev–Trinajstić information content (AvgIpc) is 3.13. The van der Waals surface area contributed by atoms with E-state index in [4.69, 9.17) is 4.74 Å². The maximum Gasteiger partial charge on any atom is 0.407 e. The molecule has 3 saturated carbocycles. The van der Waals surface area contributed by atoms with Gasteiger partial charge in [0.05, 0.1) is 0 Å². The maximum atomic E-state index is 12.9. The van der Waals surface area contributed by atoms with Crippen LogP contribution < -0.4 is 10.6 Å². The SMILES string of the molecule is CC(C)(C)OC(=O)NC1CC2(C1)CC(NC(=O)c1ccc3c(C4CCCCC4)c[nH]c3c1)C2. The molecule has 2 aromatic rings. The van der Waals surface area contributed by atoms with Crippen LogP contribution in [0, 0.1) is 5.41 Å². The second-order valence-electron chi connectivity index (χ2n) is 11.7. The van der Waals surface area contributed by atoms with Crippen LogP contribution in [0.4, 0.5) is 4.79 Å². The molecule has 33 heavy (non-hydrogen) atoms. The van der Waals surface area contributed by atoms with E-state index in [0.29, 0.717) is 5.92 Å². The van der Waals surface area contributed by atoms with Gasteiger partial charge in [0.15, 0.2) is 0 Å². The standard InChI is InChI=1S/C27H37N3O3/c1-26(2,3)33-25(32)30-20-14-27(15-20)12-19(13-27)29-24(31)18-9-10-21-22(16-28-23(21)11-18)17-7-5-4-6-8-17/h9-11,16-17,19-20,28H,4-8,12-15H2,1-3H3,(H,29,31)(H,30,32). The third-order valence-electron chi connectivity index (χ3n) is 7.79. The average molecular weight is 452 g/mol. The van der Waals surface area contributed by atoms with Gasteiger partial charge in [-0.2, -0.15) is 0 Å². The molecule has 0 bridgehead atoms. The van der Waals surface area contributed by atoms with Crippen LogP contribution in [-0.2, 0) is 4.74 Å². The van der Waals surface area contributed by atoms with Crippen molar-refractivity contribution < 1.29 is 14.3 Å². The topological polar surface area (TPSA) is 83.2 Å². The number of hydrogen-bond donors (Lipinski definition) is 3. The lowest BCUT2D eigenvalue weighted by Crippen LogP contribution is -2.61. The Balaban J connectivity index is 1.11. The number of ether oxygens (including phenoxy) is 1. The van der Waals surface area contributed by atoms with Crippen molar-refractivity contribution in [1.29, 1.82) is 0 Å². The van der Waals surface area contributed by atoms with Gasteiger partial charge in [-0.05, 0) is 88.3 Å². The minimum absolute atomic E-state index is 0.00770. The summed E-state index contributed by atoms with van der Waals surface area (Å²) in [5, 5.41) is 7.44. The highest BCUT2D eigenvalue weighted by atomic mass is 16.6. The van der Waals surface area contributed by atoms with Crippen LogP contribution in [0.2, 0.25) is 0 Å². The molecule has 0 saturated heterocycles. The van der Waals surface area contributed by atoms with Gasteiger partial charge in [-0.25, -0.2) is 4.79 Å². The molecule has 0 unspecified atom stereocenters. The van der Waals surface area contributed by atoms with Gasteiger partial charge in [0, 0.05) is 34.7 Å². The molecule has 3 aliphatic carbocycles. The molecular weight excluding hydrogens is 414 g/mol. The highest BCUT2D eigenvalue weighted by Gasteiger charge is 2.53. The Bertz CT molecular complexity index is 1030. The number of aromatic nitrogens is 1. The van der Waals surface area contributed by atoms with E-state index in [-0.39, 0.29) is 29.5 Å². The van der Waals surface area contributed by atoms with E-state index in [9.17, 15) is 9.59 Å². The number of aromatic amines is 1. The summed E-state index contributed by atoms with van der Waals surface area (Å²) in [6, 6.07) is 6.49. The third-order valence-corrected chi connectivity index (χ3v) is 7.79. The van der Waals surface area contributed by atoms with Crippen molar-refractivity contribution >= 4 is 22.9 Å². The summed E-state index contributed by atoms with van der Waals surface area (Å²) in [7, 11) is 0. The third kappa shape index (κ3) is 4.75. The predicted octanol–water partition coefficient (Wildman–Crippen LogP) is 5.78. The molecule has 3 aliphatic rings. The first-order valence-corrected chi connectivity index (χ1v) is 12.6. The fraction of sp³-hybridized carbons (Fsp3) is 0.630. The van der Waals surface area contributed by atoms with Crippen molar-refractivity contribution in [1.82, 2.24) is 15.6 Å². The molecule has 1 heterocycles. The smallest absolute Gasteiger partial charge is 0.407 e. The van der Waals surface area contributed by atoms with E-state index in [1.807, 2.05) is 32.9 Å². The number of rotatable bonds is 4. The Kier molecular flexibility index (Phi) is 5.66. The minimum Gasteiger partial charge on any atom is -0.444 e. The van der Waals surface area contributed by atoms with Crippen molar-refractivity contribution in [2.75, 3.05) is 0 Å².